The van der Waals surface area contributed by atoms with E-state index in [9.17, 15) is 0 Å². The van der Waals surface area contributed by atoms with Crippen molar-refractivity contribution in [1.29, 1.82) is 0 Å². The summed E-state index contributed by atoms with van der Waals surface area (Å²) in [5.41, 5.74) is 46.2. The van der Waals surface area contributed by atoms with Gasteiger partial charge in [-0.2, -0.15) is 0 Å². The molecule has 0 unspecified atom stereocenters. The average molecular weight is 1850 g/mol. The Bertz CT molecular complexity index is 7240. The van der Waals surface area contributed by atoms with E-state index in [4.69, 9.17) is 0 Å². The van der Waals surface area contributed by atoms with Crippen molar-refractivity contribution in [2.45, 2.75) is 69.7 Å². The third-order valence-electron chi connectivity index (χ3n) is 26.3. The summed E-state index contributed by atoms with van der Waals surface area (Å²) in [6.07, 6.45) is 0. The second-order valence-corrected chi connectivity index (χ2v) is 37.0. The molecule has 7 nitrogen and oxygen atoms in total. The Morgan fingerprint density at radius 3 is 0.322 bits per heavy atom. The molecule has 0 aromatic heterocycles. The number of hydrogen-bond acceptors (Lipinski definition) is 7. The molecular formula is C136H117N7. The summed E-state index contributed by atoms with van der Waals surface area (Å²) in [5, 5.41) is 0. The van der Waals surface area contributed by atoms with E-state index in [1.807, 2.05) is 0 Å². The Kier molecular flexibility index (Phi) is 28.4. The fourth-order valence-corrected chi connectivity index (χ4v) is 19.1. The van der Waals surface area contributed by atoms with Gasteiger partial charge in [-0.05, 0) is 417 Å². The highest BCUT2D eigenvalue weighted by Crippen LogP contribution is 2.47. The predicted octanol–water partition coefficient (Wildman–Crippen LogP) is 39.4. The lowest BCUT2D eigenvalue weighted by Gasteiger charge is -2.27. The molecule has 0 atom stereocenters. The molecule has 0 aliphatic rings. The van der Waals surface area contributed by atoms with Gasteiger partial charge in [-0.3, -0.25) is 0 Å². The SMILES string of the molecule is C.Cc1ccc(N(c2ccc(-c3ccc(N(c4cccc(C)c4)c4cccc(C)c4)cc3)cc2)c2ccc(-c3ccc(N(c4cccc(C)c4)c4cccc(C)c4)cc3)cc2)cc1.Cc1cccc(N(c2ccc(-c3ccc(N(c4ccccc4)c4ccc(-c5ccc(N(c6ccccc6)c6ccc(-c7ccc(N(c8cccc(C)c8)c8cccc(C)c8)cc7)cc6)cc5)cc4)cc3)cc2)c2cccc(C)c2)c1. The zero-order valence-corrected chi connectivity index (χ0v) is 81.8. The van der Waals surface area contributed by atoms with Gasteiger partial charge in [0.25, 0.3) is 0 Å². The second-order valence-electron chi connectivity index (χ2n) is 37.0. The van der Waals surface area contributed by atoms with Gasteiger partial charge in [0.05, 0.1) is 0 Å². The summed E-state index contributed by atoms with van der Waals surface area (Å²) in [6, 6.07) is 189. The van der Waals surface area contributed by atoms with Crippen molar-refractivity contribution in [3.05, 3.63) is 572 Å². The van der Waals surface area contributed by atoms with Crippen LogP contribution in [0.2, 0.25) is 0 Å². The first-order valence-corrected chi connectivity index (χ1v) is 48.9. The van der Waals surface area contributed by atoms with Crippen LogP contribution >= 0.6 is 0 Å². The fraction of sp³-hybridized carbons (Fsp3) is 0.0735. The minimum atomic E-state index is 0. The van der Waals surface area contributed by atoms with E-state index in [1.165, 1.54) is 83.5 Å². The van der Waals surface area contributed by atoms with E-state index in [2.05, 4.69) is 618 Å². The highest BCUT2D eigenvalue weighted by Gasteiger charge is 2.23. The summed E-state index contributed by atoms with van der Waals surface area (Å²) >= 11 is 0. The van der Waals surface area contributed by atoms with Crippen LogP contribution in [-0.4, -0.2) is 0 Å². The van der Waals surface area contributed by atoms with Crippen LogP contribution in [0.3, 0.4) is 0 Å². The summed E-state index contributed by atoms with van der Waals surface area (Å²) in [5.74, 6) is 0. The molecule has 0 saturated carbocycles. The number of para-hydroxylation sites is 2. The van der Waals surface area contributed by atoms with Crippen LogP contribution in [0.4, 0.5) is 119 Å². The largest absolute Gasteiger partial charge is 0.311 e. The van der Waals surface area contributed by atoms with Crippen molar-refractivity contribution in [3.8, 4) is 55.6 Å². The molecule has 21 rings (SSSR count). The molecule has 0 amide bonds. The molecule has 21 aromatic rings. The van der Waals surface area contributed by atoms with Gasteiger partial charge < -0.3 is 34.3 Å². The molecule has 0 fully saturated rings. The van der Waals surface area contributed by atoms with Gasteiger partial charge in [0.15, 0.2) is 0 Å². The molecule has 143 heavy (non-hydrogen) atoms. The zero-order chi connectivity index (χ0) is 96.9. The molecule has 7 heteroatoms. The minimum absolute atomic E-state index is 0. The standard InChI is InChI=1S/C76H62N4.C59H51N3.CH4/c1-55-15-11-23-73(51-55)79(74-24-12-16-56(2)52-74)71-47-35-63(36-48-71)61-31-43-69(44-32-61)77(65-19-7-5-8-20-65)67-39-27-59(28-40-67)60-29-41-68(42-30-60)78(66-21-9-6-10-22-66)70-45-33-62(34-46-70)64-37-49-72(50-38-64)80(75-25-13-17-57(3)53-75)76-26-14-18-58(4)54-76;1-42-18-28-51(29-19-42)60(52-30-20-47(21-31-52)49-24-34-54(35-25-49)61(56-14-6-10-43(2)38-56)57-15-7-11-44(3)39-57)53-32-22-48(23-33-53)50-26-36-55(37-27-50)62(58-16-8-12-45(4)40-58)59-17-9-13-46(5)41-59;/h5-54H,1-4H3;6-41H,1-5H3;1H4. The molecular weight excluding hydrogens is 1730 g/mol. The third kappa shape index (κ3) is 21.7. The topological polar surface area (TPSA) is 22.7 Å². The molecule has 21 aromatic carbocycles. The fourth-order valence-electron chi connectivity index (χ4n) is 19.1. The van der Waals surface area contributed by atoms with Crippen LogP contribution in [0.5, 0.6) is 0 Å². The van der Waals surface area contributed by atoms with Crippen LogP contribution in [0.25, 0.3) is 55.6 Å². The number of rotatable bonds is 26. The van der Waals surface area contributed by atoms with E-state index in [0.29, 0.717) is 0 Å². The molecule has 0 bridgehead atoms. The Balaban J connectivity index is 0.000000186. The van der Waals surface area contributed by atoms with Crippen molar-refractivity contribution < 1.29 is 0 Å². The molecule has 0 aliphatic carbocycles. The number of hydrogen-bond donors (Lipinski definition) is 0. The maximum atomic E-state index is 2.34. The summed E-state index contributed by atoms with van der Waals surface area (Å²) in [7, 11) is 0. The molecule has 0 N–H and O–H groups in total. The summed E-state index contributed by atoms with van der Waals surface area (Å²) in [6.45, 7) is 19.3. The van der Waals surface area contributed by atoms with Crippen molar-refractivity contribution >= 4 is 119 Å². The normalized spacial score (nSPS) is 10.9. The van der Waals surface area contributed by atoms with Gasteiger partial charge in [-0.1, -0.05) is 280 Å². The predicted molar refractivity (Wildman–Crippen MR) is 612 cm³/mol. The molecule has 0 aliphatic heterocycles. The number of benzene rings is 21. The van der Waals surface area contributed by atoms with Crippen LogP contribution < -0.4 is 34.3 Å². The minimum Gasteiger partial charge on any atom is -0.311 e. The first-order chi connectivity index (χ1) is 69.5. The lowest BCUT2D eigenvalue weighted by Crippen LogP contribution is -2.10. The lowest BCUT2D eigenvalue weighted by molar-refractivity contribution is 1.26. The quantitative estimate of drug-likeness (QED) is 0.0532. The Labute approximate surface area is 845 Å². The molecule has 0 heterocycles. The first-order valence-electron chi connectivity index (χ1n) is 48.9. The molecule has 0 spiro atoms. The second kappa shape index (κ2) is 43.1. The molecule has 0 saturated heterocycles. The van der Waals surface area contributed by atoms with E-state index < -0.39 is 0 Å². The van der Waals surface area contributed by atoms with Crippen LogP contribution in [-0.2, 0) is 0 Å². The van der Waals surface area contributed by atoms with Crippen LogP contribution in [0, 0.1) is 62.3 Å². The maximum Gasteiger partial charge on any atom is 0.0464 e. The maximum absolute atomic E-state index is 2.34. The van der Waals surface area contributed by atoms with Gasteiger partial charge in [0.1, 0.15) is 0 Å². The van der Waals surface area contributed by atoms with E-state index in [1.54, 1.807) is 0 Å². The molecule has 0 radical (unpaired) electrons. The first kappa shape index (κ1) is 94.2. The average Bonchev–Trinajstić information content (AvgIpc) is 0.790. The van der Waals surface area contributed by atoms with Crippen molar-refractivity contribution in [3.63, 3.8) is 0 Å². The highest BCUT2D eigenvalue weighted by atomic mass is 15.2. The van der Waals surface area contributed by atoms with Crippen molar-refractivity contribution in [2.75, 3.05) is 34.3 Å². The summed E-state index contributed by atoms with van der Waals surface area (Å²) < 4.78 is 0. The van der Waals surface area contributed by atoms with Gasteiger partial charge in [0.2, 0.25) is 0 Å². The van der Waals surface area contributed by atoms with Gasteiger partial charge in [-0.25, -0.2) is 0 Å². The van der Waals surface area contributed by atoms with Crippen LogP contribution in [0.15, 0.2) is 522 Å². The smallest absolute Gasteiger partial charge is 0.0464 e. The zero-order valence-electron chi connectivity index (χ0n) is 81.8. The molecule has 696 valence electrons. The third-order valence-corrected chi connectivity index (χ3v) is 26.3. The monoisotopic (exact) mass is 1850 g/mol. The van der Waals surface area contributed by atoms with E-state index >= 15 is 0 Å². The van der Waals surface area contributed by atoms with E-state index in [0.717, 1.165) is 142 Å². The van der Waals surface area contributed by atoms with Gasteiger partial charge >= 0.3 is 0 Å². The Morgan fingerprint density at radius 2 is 0.196 bits per heavy atom. The van der Waals surface area contributed by atoms with Crippen molar-refractivity contribution in [1.82, 2.24) is 0 Å². The Morgan fingerprint density at radius 1 is 0.0909 bits per heavy atom. The lowest BCUT2D eigenvalue weighted by atomic mass is 10.0. The van der Waals surface area contributed by atoms with Crippen molar-refractivity contribution in [2.24, 2.45) is 0 Å². The Hall–Kier alpha value is -17.8. The van der Waals surface area contributed by atoms with E-state index in [-0.39, 0.29) is 7.43 Å². The number of anilines is 21. The van der Waals surface area contributed by atoms with Crippen LogP contribution in [0.1, 0.15) is 57.5 Å². The van der Waals surface area contributed by atoms with Gasteiger partial charge in [0, 0.05) is 119 Å². The summed E-state index contributed by atoms with van der Waals surface area (Å²) in [4.78, 5) is 16.3. The number of nitrogens with zero attached hydrogens (tertiary/aromatic N) is 7. The number of aryl methyl sites for hydroxylation is 9. The highest BCUT2D eigenvalue weighted by molar-refractivity contribution is 5.89. The van der Waals surface area contributed by atoms with Gasteiger partial charge in [-0.15, -0.1) is 0 Å².